The number of aliphatic carboxylic acids is 1. The molecule has 50 valence electrons. The molecule has 0 rings (SSSR count). The first-order valence-corrected chi connectivity index (χ1v) is 2.71. The Hall–Kier alpha value is -0.580. The summed E-state index contributed by atoms with van der Waals surface area (Å²) >= 11 is -1.42. The van der Waals surface area contributed by atoms with Crippen LogP contribution in [0, 0.1) is 0 Å². The van der Waals surface area contributed by atoms with Crippen molar-refractivity contribution in [3.63, 3.8) is 0 Å². The van der Waals surface area contributed by atoms with Crippen LogP contribution < -0.4 is 0 Å². The van der Waals surface area contributed by atoms with Crippen LogP contribution >= 0.6 is 0 Å². The highest BCUT2D eigenvalue weighted by atomic mass is 32.1. The first kappa shape index (κ1) is 10.4. The fourth-order valence-corrected chi connectivity index (χ4v) is 0. The van der Waals surface area contributed by atoms with Crippen LogP contribution in [0.4, 0.5) is 0 Å². The second-order valence-electron chi connectivity index (χ2n) is 0.831. The molecule has 0 aliphatic heterocycles. The van der Waals surface area contributed by atoms with Crippen molar-refractivity contribution in [2.45, 2.75) is 13.3 Å². The van der Waals surface area contributed by atoms with Crippen LogP contribution in [0.2, 0.25) is 0 Å². The van der Waals surface area contributed by atoms with Crippen molar-refractivity contribution in [3.05, 3.63) is 0 Å². The van der Waals surface area contributed by atoms with Crippen LogP contribution in [0.25, 0.3) is 0 Å². The fraction of sp³-hybridized carbons (Fsp3) is 0.667. The summed E-state index contributed by atoms with van der Waals surface area (Å²) < 4.78 is 16.8. The van der Waals surface area contributed by atoms with Crippen LogP contribution in [0.3, 0.4) is 0 Å². The molecule has 0 heterocycles. The molecule has 0 radical (unpaired) electrons. The molecule has 0 bridgehead atoms. The monoisotopic (exact) mass is 140 g/mol. The summed E-state index contributed by atoms with van der Waals surface area (Å²) in [6.45, 7) is 1.60. The van der Waals surface area contributed by atoms with E-state index in [0.717, 1.165) is 0 Å². The highest BCUT2D eigenvalue weighted by Gasteiger charge is 1.80. The molecule has 0 aromatic rings. The average molecular weight is 140 g/mol. The Morgan fingerprint density at radius 3 is 1.75 bits per heavy atom. The van der Waals surface area contributed by atoms with E-state index in [2.05, 4.69) is 0 Å². The van der Waals surface area contributed by atoms with Crippen molar-refractivity contribution in [2.24, 2.45) is 0 Å². The maximum atomic E-state index is 9.37. The highest BCUT2D eigenvalue weighted by Crippen LogP contribution is 1.67. The third-order valence-corrected chi connectivity index (χ3v) is 0.302. The summed E-state index contributed by atoms with van der Waals surface area (Å²) in [5, 5.41) is 7.72. The SMILES string of the molecule is CCC(=O)O.O=[SH2]=O. The zero-order chi connectivity index (χ0) is 6.99. The Morgan fingerprint density at radius 2 is 1.75 bits per heavy atom. The van der Waals surface area contributed by atoms with Gasteiger partial charge in [-0.2, -0.15) is 0 Å². The van der Waals surface area contributed by atoms with Gasteiger partial charge in [0.05, 0.1) is 0 Å². The van der Waals surface area contributed by atoms with Gasteiger partial charge in [-0.25, -0.2) is 8.42 Å². The summed E-state index contributed by atoms with van der Waals surface area (Å²) in [6.07, 6.45) is 0.222. The number of carbonyl (C=O) groups is 1. The van der Waals surface area contributed by atoms with Crippen molar-refractivity contribution in [1.82, 2.24) is 0 Å². The zero-order valence-electron chi connectivity index (χ0n) is 4.38. The van der Waals surface area contributed by atoms with Crippen LogP contribution in [0.1, 0.15) is 13.3 Å². The van der Waals surface area contributed by atoms with Crippen LogP contribution in [-0.2, 0) is 16.4 Å². The van der Waals surface area contributed by atoms with Gasteiger partial charge in [0, 0.05) is 6.42 Å². The third-order valence-electron chi connectivity index (χ3n) is 0.302. The first-order valence-electron chi connectivity index (χ1n) is 1.90. The van der Waals surface area contributed by atoms with E-state index < -0.39 is 17.5 Å². The Labute approximate surface area is 50.1 Å². The van der Waals surface area contributed by atoms with E-state index in [0.29, 0.717) is 0 Å². The second-order valence-corrected chi connectivity index (χ2v) is 0.997. The maximum absolute atomic E-state index is 9.37. The summed E-state index contributed by atoms with van der Waals surface area (Å²) in [4.78, 5) is 9.37. The minimum absolute atomic E-state index is 0.222. The molecule has 0 aromatic carbocycles. The molecular formula is C3H8O4S. The molecule has 0 aliphatic rings. The summed E-state index contributed by atoms with van der Waals surface area (Å²) in [5.74, 6) is -0.745. The molecule has 0 unspecified atom stereocenters. The Morgan fingerprint density at radius 1 is 1.62 bits per heavy atom. The smallest absolute Gasteiger partial charge is 0.303 e. The van der Waals surface area contributed by atoms with Crippen molar-refractivity contribution in [2.75, 3.05) is 0 Å². The molecule has 8 heavy (non-hydrogen) atoms. The van der Waals surface area contributed by atoms with E-state index in [1.807, 2.05) is 0 Å². The topological polar surface area (TPSA) is 71.4 Å². The molecule has 0 spiro atoms. The lowest BCUT2D eigenvalue weighted by molar-refractivity contribution is -0.136. The molecule has 0 saturated heterocycles. The lowest BCUT2D eigenvalue weighted by atomic mass is 10.5. The van der Waals surface area contributed by atoms with Gasteiger partial charge in [-0.3, -0.25) is 4.79 Å². The van der Waals surface area contributed by atoms with Gasteiger partial charge in [-0.1, -0.05) is 6.92 Å². The van der Waals surface area contributed by atoms with Gasteiger partial charge in [0.15, 0.2) is 0 Å². The Balaban J connectivity index is 0. The van der Waals surface area contributed by atoms with Crippen molar-refractivity contribution in [3.8, 4) is 0 Å². The number of carboxylic acid groups (broad SMARTS) is 1. The van der Waals surface area contributed by atoms with E-state index in [-0.39, 0.29) is 6.42 Å². The molecule has 0 fully saturated rings. The highest BCUT2D eigenvalue weighted by molar-refractivity contribution is 7.51. The second kappa shape index (κ2) is 9.65. The average Bonchev–Trinajstić information content (AvgIpc) is 1.69. The minimum atomic E-state index is -1.42. The van der Waals surface area contributed by atoms with Crippen molar-refractivity contribution >= 4 is 17.5 Å². The van der Waals surface area contributed by atoms with Gasteiger partial charge in [0.2, 0.25) is 0 Å². The third kappa shape index (κ3) is 52.5. The minimum Gasteiger partial charge on any atom is -0.481 e. The maximum Gasteiger partial charge on any atom is 0.303 e. The van der Waals surface area contributed by atoms with E-state index in [1.54, 1.807) is 6.92 Å². The van der Waals surface area contributed by atoms with Crippen LogP contribution in [0.15, 0.2) is 0 Å². The van der Waals surface area contributed by atoms with Crippen molar-refractivity contribution in [1.29, 1.82) is 0 Å². The quantitative estimate of drug-likeness (QED) is 0.521. The Bertz CT molecular complexity index is 93.5. The lowest BCUT2D eigenvalue weighted by Gasteiger charge is -1.71. The van der Waals surface area contributed by atoms with Gasteiger partial charge in [0.1, 0.15) is 11.6 Å². The summed E-state index contributed by atoms with van der Waals surface area (Å²) in [5.41, 5.74) is 0. The molecule has 1 N–H and O–H groups in total. The molecule has 5 heteroatoms. The molecular weight excluding hydrogens is 132 g/mol. The molecule has 0 aromatic heterocycles. The number of hydrogen-bond acceptors (Lipinski definition) is 3. The molecule has 4 nitrogen and oxygen atoms in total. The first-order chi connectivity index (χ1) is 3.68. The number of hydrogen-bond donors (Lipinski definition) is 1. The van der Waals surface area contributed by atoms with Crippen molar-refractivity contribution < 1.29 is 18.3 Å². The van der Waals surface area contributed by atoms with E-state index in [4.69, 9.17) is 13.5 Å². The predicted molar refractivity (Wildman–Crippen MR) is 29.6 cm³/mol. The van der Waals surface area contributed by atoms with E-state index in [9.17, 15) is 4.79 Å². The van der Waals surface area contributed by atoms with Gasteiger partial charge < -0.3 is 5.11 Å². The molecule has 0 amide bonds. The van der Waals surface area contributed by atoms with Gasteiger partial charge in [-0.05, 0) is 0 Å². The van der Waals surface area contributed by atoms with Gasteiger partial charge in [-0.15, -0.1) is 0 Å². The number of rotatable bonds is 1. The summed E-state index contributed by atoms with van der Waals surface area (Å²) in [6, 6.07) is 0. The fourth-order valence-electron chi connectivity index (χ4n) is 0. The molecule has 0 atom stereocenters. The lowest BCUT2D eigenvalue weighted by Crippen LogP contribution is -1.86. The molecule has 0 aliphatic carbocycles. The van der Waals surface area contributed by atoms with Crippen LogP contribution in [-0.4, -0.2) is 19.5 Å². The van der Waals surface area contributed by atoms with E-state index >= 15 is 0 Å². The Kier molecular flexibility index (Phi) is 12.6. The number of carboxylic acids is 1. The zero-order valence-corrected chi connectivity index (χ0v) is 5.38. The summed E-state index contributed by atoms with van der Waals surface area (Å²) in [7, 11) is 0. The molecule has 0 saturated carbocycles. The largest absolute Gasteiger partial charge is 0.481 e. The standard InChI is InChI=1S/C3H6O2.H2O2S/c1-2-3(4)5;1-3-2/h2H2,1H3,(H,4,5);3H2. The normalized spacial score (nSPS) is 6.62. The van der Waals surface area contributed by atoms with Gasteiger partial charge >= 0.3 is 5.97 Å². The predicted octanol–water partition coefficient (Wildman–Crippen LogP) is -0.725. The van der Waals surface area contributed by atoms with Crippen LogP contribution in [0.5, 0.6) is 0 Å². The van der Waals surface area contributed by atoms with E-state index in [1.165, 1.54) is 0 Å². The van der Waals surface area contributed by atoms with Gasteiger partial charge in [0.25, 0.3) is 0 Å².